The molecule has 1 heterocycles. The highest BCUT2D eigenvalue weighted by molar-refractivity contribution is 5.73. The Morgan fingerprint density at radius 3 is 2.00 bits per heavy atom. The van der Waals surface area contributed by atoms with Gasteiger partial charge in [-0.1, -0.05) is 27.7 Å². The summed E-state index contributed by atoms with van der Waals surface area (Å²) in [4.78, 5) is 15.5. The maximum absolute atomic E-state index is 11.1. The van der Waals surface area contributed by atoms with Gasteiger partial charge in [-0.2, -0.15) is 0 Å². The molecule has 0 bridgehead atoms. The number of amides is 1. The van der Waals surface area contributed by atoms with Gasteiger partial charge in [0.15, 0.2) is 0 Å². The van der Waals surface area contributed by atoms with Crippen LogP contribution in [-0.2, 0) is 4.79 Å². The van der Waals surface area contributed by atoms with Gasteiger partial charge < -0.3 is 4.90 Å². The first kappa shape index (κ1) is 15.4. The number of carbonyl (C=O) groups excluding carboxylic acids is 1. The Morgan fingerprint density at radius 1 is 1.12 bits per heavy atom. The van der Waals surface area contributed by atoms with E-state index in [2.05, 4.69) is 18.7 Å². The van der Waals surface area contributed by atoms with Crippen LogP contribution >= 0.6 is 0 Å². The molecule has 1 rings (SSSR count). The fourth-order valence-electron chi connectivity index (χ4n) is 1.73. The fraction of sp³-hybridized carbons (Fsp3) is 0.923. The second-order valence-electron chi connectivity index (χ2n) is 4.53. The van der Waals surface area contributed by atoms with E-state index in [-0.39, 0.29) is 5.91 Å². The summed E-state index contributed by atoms with van der Waals surface area (Å²) in [5, 5.41) is 0. The fourth-order valence-corrected chi connectivity index (χ4v) is 1.73. The van der Waals surface area contributed by atoms with E-state index in [0.717, 1.165) is 32.1 Å². The first-order chi connectivity index (χ1) is 7.59. The normalized spacial score (nSPS) is 17.0. The van der Waals surface area contributed by atoms with Crippen LogP contribution in [0.5, 0.6) is 0 Å². The molecule has 3 nitrogen and oxygen atoms in total. The molecule has 1 fully saturated rings. The van der Waals surface area contributed by atoms with E-state index in [0.29, 0.717) is 0 Å². The van der Waals surface area contributed by atoms with Crippen LogP contribution < -0.4 is 0 Å². The Labute approximate surface area is 101 Å². The van der Waals surface area contributed by atoms with Crippen LogP contribution in [0.15, 0.2) is 0 Å². The number of piperazine rings is 1. The molecule has 0 aromatic rings. The van der Waals surface area contributed by atoms with E-state index in [9.17, 15) is 4.79 Å². The molecule has 0 spiro atoms. The van der Waals surface area contributed by atoms with Crippen LogP contribution in [0.25, 0.3) is 0 Å². The van der Waals surface area contributed by atoms with Crippen molar-refractivity contribution < 1.29 is 4.79 Å². The van der Waals surface area contributed by atoms with Crippen molar-refractivity contribution >= 4 is 5.91 Å². The van der Waals surface area contributed by atoms with Crippen molar-refractivity contribution in [1.29, 1.82) is 0 Å². The van der Waals surface area contributed by atoms with Crippen LogP contribution in [-0.4, -0.2) is 48.4 Å². The smallest absolute Gasteiger partial charge is 0.219 e. The molecule has 16 heavy (non-hydrogen) atoms. The standard InChI is InChI=1S/C11H22N2O.C2H6/c1-10(2)4-5-12-6-8-13(9-7-12)11(3)14;1-2/h10H,4-9H2,1-3H3;1-2H3. The molecule has 0 saturated carbocycles. The molecule has 0 aromatic carbocycles. The molecule has 96 valence electrons. The molecule has 1 saturated heterocycles. The van der Waals surface area contributed by atoms with E-state index in [1.807, 2.05) is 18.7 Å². The highest BCUT2D eigenvalue weighted by Gasteiger charge is 2.17. The van der Waals surface area contributed by atoms with Gasteiger partial charge >= 0.3 is 0 Å². The van der Waals surface area contributed by atoms with Gasteiger partial charge in [0.05, 0.1) is 0 Å². The maximum Gasteiger partial charge on any atom is 0.219 e. The lowest BCUT2D eigenvalue weighted by Crippen LogP contribution is -2.48. The first-order valence-corrected chi connectivity index (χ1v) is 6.57. The molecule has 0 atom stereocenters. The third kappa shape index (κ3) is 6.11. The van der Waals surface area contributed by atoms with E-state index in [1.165, 1.54) is 13.0 Å². The Kier molecular flexibility index (Phi) is 8.26. The molecule has 1 amide bonds. The van der Waals surface area contributed by atoms with E-state index < -0.39 is 0 Å². The molecular weight excluding hydrogens is 200 g/mol. The van der Waals surface area contributed by atoms with E-state index in [1.54, 1.807) is 6.92 Å². The SMILES string of the molecule is CC.CC(=O)N1CCN(CCC(C)C)CC1. The summed E-state index contributed by atoms with van der Waals surface area (Å²) in [7, 11) is 0. The van der Waals surface area contributed by atoms with Gasteiger partial charge in [0.1, 0.15) is 0 Å². The number of hydrogen-bond donors (Lipinski definition) is 0. The molecule has 0 N–H and O–H groups in total. The van der Waals surface area contributed by atoms with Gasteiger partial charge in [0.25, 0.3) is 0 Å². The van der Waals surface area contributed by atoms with Gasteiger partial charge in [-0.3, -0.25) is 9.69 Å². The molecule has 0 unspecified atom stereocenters. The van der Waals surface area contributed by atoms with Gasteiger partial charge in [0.2, 0.25) is 5.91 Å². The summed E-state index contributed by atoms with van der Waals surface area (Å²) >= 11 is 0. The summed E-state index contributed by atoms with van der Waals surface area (Å²) in [6.07, 6.45) is 1.26. The lowest BCUT2D eigenvalue weighted by molar-refractivity contribution is -0.130. The predicted molar refractivity (Wildman–Crippen MR) is 69.5 cm³/mol. The van der Waals surface area contributed by atoms with Crippen LogP contribution in [0.3, 0.4) is 0 Å². The van der Waals surface area contributed by atoms with Crippen LogP contribution in [0.1, 0.15) is 41.0 Å². The third-order valence-corrected chi connectivity index (χ3v) is 2.84. The molecule has 0 radical (unpaired) electrons. The molecule has 3 heteroatoms. The van der Waals surface area contributed by atoms with Gasteiger partial charge in [0, 0.05) is 33.1 Å². The zero-order chi connectivity index (χ0) is 12.6. The van der Waals surface area contributed by atoms with Crippen LogP contribution in [0.4, 0.5) is 0 Å². The van der Waals surface area contributed by atoms with Crippen molar-refractivity contribution in [3.8, 4) is 0 Å². The lowest BCUT2D eigenvalue weighted by atomic mass is 10.1. The number of nitrogens with zero attached hydrogens (tertiary/aromatic N) is 2. The summed E-state index contributed by atoms with van der Waals surface area (Å²) in [6.45, 7) is 15.3. The number of carbonyl (C=O) groups is 1. The summed E-state index contributed by atoms with van der Waals surface area (Å²) in [6, 6.07) is 0. The molecule has 1 aliphatic rings. The highest BCUT2D eigenvalue weighted by atomic mass is 16.2. The molecule has 1 aliphatic heterocycles. The monoisotopic (exact) mass is 228 g/mol. The zero-order valence-corrected chi connectivity index (χ0v) is 11.6. The second kappa shape index (κ2) is 8.57. The maximum atomic E-state index is 11.1. The summed E-state index contributed by atoms with van der Waals surface area (Å²) in [5.74, 6) is 0.995. The number of rotatable bonds is 3. The van der Waals surface area contributed by atoms with Crippen molar-refractivity contribution in [2.75, 3.05) is 32.7 Å². The average molecular weight is 228 g/mol. The molecule has 0 aromatic heterocycles. The van der Waals surface area contributed by atoms with Crippen LogP contribution in [0, 0.1) is 5.92 Å². The van der Waals surface area contributed by atoms with E-state index >= 15 is 0 Å². The highest BCUT2D eigenvalue weighted by Crippen LogP contribution is 2.06. The number of hydrogen-bond acceptors (Lipinski definition) is 2. The minimum atomic E-state index is 0.216. The topological polar surface area (TPSA) is 23.6 Å². The molecule has 0 aliphatic carbocycles. The molecular formula is C13H28N2O. The average Bonchev–Trinajstić information content (AvgIpc) is 2.29. The van der Waals surface area contributed by atoms with Crippen LogP contribution in [0.2, 0.25) is 0 Å². The quantitative estimate of drug-likeness (QED) is 0.739. The van der Waals surface area contributed by atoms with Gasteiger partial charge in [-0.05, 0) is 18.9 Å². The van der Waals surface area contributed by atoms with Crippen molar-refractivity contribution in [2.24, 2.45) is 5.92 Å². The Bertz CT molecular complexity index is 184. The summed E-state index contributed by atoms with van der Waals surface area (Å²) < 4.78 is 0. The Morgan fingerprint density at radius 2 is 1.62 bits per heavy atom. The second-order valence-corrected chi connectivity index (χ2v) is 4.53. The first-order valence-electron chi connectivity index (χ1n) is 6.57. The van der Waals surface area contributed by atoms with Gasteiger partial charge in [-0.25, -0.2) is 0 Å². The lowest BCUT2D eigenvalue weighted by Gasteiger charge is -2.34. The Hall–Kier alpha value is -0.570. The third-order valence-electron chi connectivity index (χ3n) is 2.84. The Balaban J connectivity index is 0.00000106. The van der Waals surface area contributed by atoms with Gasteiger partial charge in [-0.15, -0.1) is 0 Å². The minimum Gasteiger partial charge on any atom is -0.340 e. The summed E-state index contributed by atoms with van der Waals surface area (Å²) in [5.41, 5.74) is 0. The largest absolute Gasteiger partial charge is 0.340 e. The van der Waals surface area contributed by atoms with E-state index in [4.69, 9.17) is 0 Å². The zero-order valence-electron chi connectivity index (χ0n) is 11.6. The van der Waals surface area contributed by atoms with Crippen molar-refractivity contribution in [1.82, 2.24) is 9.80 Å². The van der Waals surface area contributed by atoms with Crippen molar-refractivity contribution in [3.63, 3.8) is 0 Å². The minimum absolute atomic E-state index is 0.216. The van der Waals surface area contributed by atoms with Crippen molar-refractivity contribution in [2.45, 2.75) is 41.0 Å². The van der Waals surface area contributed by atoms with Crippen molar-refractivity contribution in [3.05, 3.63) is 0 Å². The predicted octanol–water partition coefficient (Wildman–Crippen LogP) is 2.22.